The number of benzene rings is 3. The molecule has 7 heteroatoms. The Morgan fingerprint density at radius 2 is 1.49 bits per heavy atom. The minimum absolute atomic E-state index is 0.194. The van der Waals surface area contributed by atoms with Crippen molar-refractivity contribution in [1.82, 2.24) is 4.90 Å². The highest BCUT2D eigenvalue weighted by molar-refractivity contribution is 5.93. The highest BCUT2D eigenvalue weighted by Crippen LogP contribution is 2.27. The number of piperidine rings is 1. The Balaban J connectivity index is 1.37. The summed E-state index contributed by atoms with van der Waals surface area (Å²) < 4.78 is 17.2. The Labute approximate surface area is 231 Å². The Morgan fingerprint density at radius 3 is 2.10 bits per heavy atom. The lowest BCUT2D eigenvalue weighted by atomic mass is 9.97. The molecule has 1 aliphatic heterocycles. The predicted molar refractivity (Wildman–Crippen MR) is 152 cm³/mol. The van der Waals surface area contributed by atoms with Gasteiger partial charge in [-0.2, -0.15) is 0 Å². The van der Waals surface area contributed by atoms with Crippen molar-refractivity contribution in [2.45, 2.75) is 52.4 Å². The Kier molecular flexibility index (Phi) is 9.47. The fourth-order valence-corrected chi connectivity index (χ4v) is 4.36. The molecule has 1 amide bonds. The van der Waals surface area contributed by atoms with E-state index in [1.807, 2.05) is 93.6 Å². The number of amides is 1. The average molecular weight is 531 g/mol. The van der Waals surface area contributed by atoms with Gasteiger partial charge in [0, 0.05) is 31.4 Å². The van der Waals surface area contributed by atoms with Crippen molar-refractivity contribution in [3.8, 4) is 5.75 Å². The first-order chi connectivity index (χ1) is 18.8. The number of carbonyl (C=O) groups excluding carboxylic acids is 2. The van der Waals surface area contributed by atoms with Gasteiger partial charge in [-0.05, 0) is 62.8 Å². The van der Waals surface area contributed by atoms with Crippen LogP contribution in [0, 0.1) is 5.92 Å². The lowest BCUT2D eigenvalue weighted by Crippen LogP contribution is -2.42. The molecular weight excluding hydrogens is 492 g/mol. The zero-order valence-electron chi connectivity index (χ0n) is 23.0. The number of nitrogens with one attached hydrogen (secondary N) is 1. The maximum atomic E-state index is 13.0. The van der Waals surface area contributed by atoms with Crippen molar-refractivity contribution in [2.24, 2.45) is 5.92 Å². The van der Waals surface area contributed by atoms with Gasteiger partial charge in [0.05, 0.1) is 0 Å². The second-order valence-electron chi connectivity index (χ2n) is 10.8. The number of carbonyl (C=O) groups is 2. The number of hydrogen-bond acceptors (Lipinski definition) is 6. The van der Waals surface area contributed by atoms with Gasteiger partial charge in [0.25, 0.3) is 0 Å². The van der Waals surface area contributed by atoms with E-state index in [9.17, 15) is 9.59 Å². The van der Waals surface area contributed by atoms with Gasteiger partial charge in [0.1, 0.15) is 30.1 Å². The lowest BCUT2D eigenvalue weighted by Gasteiger charge is -2.33. The number of nitrogens with zero attached hydrogens (tertiary/aromatic N) is 1. The molecule has 7 nitrogen and oxygen atoms in total. The summed E-state index contributed by atoms with van der Waals surface area (Å²) in [6.07, 6.45) is 1.55. The molecule has 206 valence electrons. The minimum atomic E-state index is -0.490. The molecule has 1 fully saturated rings. The standard InChI is InChI=1S/C32H38N2O5/c1-32(2,3)39-31(36)34-18-16-24(17-19-34)21-33-27-14-15-28(30(35)38-23-26-12-8-5-9-13-26)29(20-27)37-22-25-10-6-4-7-11-25/h4-15,20,24,33H,16-19,21-23H2,1-3H3. The molecule has 1 saturated heterocycles. The zero-order chi connectivity index (χ0) is 27.7. The molecule has 0 aromatic heterocycles. The highest BCUT2D eigenvalue weighted by atomic mass is 16.6. The zero-order valence-corrected chi connectivity index (χ0v) is 23.0. The average Bonchev–Trinajstić information content (AvgIpc) is 2.94. The van der Waals surface area contributed by atoms with Crippen LogP contribution in [-0.4, -0.2) is 42.2 Å². The number of rotatable bonds is 9. The first-order valence-corrected chi connectivity index (χ1v) is 13.5. The van der Waals surface area contributed by atoms with E-state index in [2.05, 4.69) is 5.32 Å². The molecule has 0 unspecified atom stereocenters. The molecule has 0 bridgehead atoms. The van der Waals surface area contributed by atoms with Crippen molar-refractivity contribution in [2.75, 3.05) is 25.0 Å². The van der Waals surface area contributed by atoms with Crippen LogP contribution in [0.5, 0.6) is 5.75 Å². The normalized spacial score (nSPS) is 14.0. The molecule has 0 spiro atoms. The summed E-state index contributed by atoms with van der Waals surface area (Å²) in [5.41, 5.74) is 2.70. The lowest BCUT2D eigenvalue weighted by molar-refractivity contribution is 0.0187. The van der Waals surface area contributed by atoms with Gasteiger partial charge >= 0.3 is 12.1 Å². The predicted octanol–water partition coefficient (Wildman–Crippen LogP) is 6.68. The maximum absolute atomic E-state index is 13.0. The van der Waals surface area contributed by atoms with Gasteiger partial charge in [0.15, 0.2) is 0 Å². The second kappa shape index (κ2) is 13.2. The third-order valence-corrected chi connectivity index (χ3v) is 6.51. The molecule has 3 aromatic carbocycles. The summed E-state index contributed by atoms with van der Waals surface area (Å²) in [5, 5.41) is 3.49. The molecule has 0 saturated carbocycles. The Bertz CT molecular complexity index is 1220. The molecule has 1 aliphatic rings. The van der Waals surface area contributed by atoms with Gasteiger partial charge in [-0.15, -0.1) is 0 Å². The van der Waals surface area contributed by atoms with Crippen LogP contribution in [0.2, 0.25) is 0 Å². The van der Waals surface area contributed by atoms with E-state index in [0.29, 0.717) is 36.9 Å². The molecule has 39 heavy (non-hydrogen) atoms. The summed E-state index contributed by atoms with van der Waals surface area (Å²) >= 11 is 0. The van der Waals surface area contributed by atoms with Crippen molar-refractivity contribution in [1.29, 1.82) is 0 Å². The molecule has 1 heterocycles. The van der Waals surface area contributed by atoms with Crippen LogP contribution in [0.3, 0.4) is 0 Å². The van der Waals surface area contributed by atoms with Crippen molar-refractivity contribution < 1.29 is 23.8 Å². The van der Waals surface area contributed by atoms with Crippen molar-refractivity contribution >= 4 is 17.7 Å². The summed E-state index contributed by atoms with van der Waals surface area (Å²) in [7, 11) is 0. The van der Waals surface area contributed by atoms with Gasteiger partial charge in [-0.25, -0.2) is 9.59 Å². The third kappa shape index (κ3) is 8.77. The molecular formula is C32H38N2O5. The quantitative estimate of drug-likeness (QED) is 0.311. The Hall–Kier alpha value is -4.00. The number of likely N-dealkylation sites (tertiary alicyclic amines) is 1. The van der Waals surface area contributed by atoms with Crippen molar-refractivity contribution in [3.63, 3.8) is 0 Å². The van der Waals surface area contributed by atoms with Gasteiger partial charge in [0.2, 0.25) is 0 Å². The van der Waals surface area contributed by atoms with E-state index in [1.165, 1.54) is 0 Å². The van der Waals surface area contributed by atoms with Gasteiger partial charge in [-0.1, -0.05) is 60.7 Å². The summed E-state index contributed by atoms with van der Waals surface area (Å²) in [4.78, 5) is 27.1. The summed E-state index contributed by atoms with van der Waals surface area (Å²) in [6.45, 7) is 8.30. The molecule has 3 aromatic rings. The second-order valence-corrected chi connectivity index (χ2v) is 10.8. The van der Waals surface area contributed by atoms with E-state index < -0.39 is 11.6 Å². The smallest absolute Gasteiger partial charge is 0.410 e. The van der Waals surface area contributed by atoms with Crippen LogP contribution in [0.25, 0.3) is 0 Å². The first kappa shape index (κ1) is 28.0. The molecule has 0 aliphatic carbocycles. The van der Waals surface area contributed by atoms with E-state index in [1.54, 1.807) is 11.0 Å². The van der Waals surface area contributed by atoms with Crippen LogP contribution in [-0.2, 0) is 22.7 Å². The third-order valence-electron chi connectivity index (χ3n) is 6.51. The number of ether oxygens (including phenoxy) is 3. The monoisotopic (exact) mass is 530 g/mol. The van der Waals surface area contributed by atoms with Crippen LogP contribution >= 0.6 is 0 Å². The van der Waals surface area contributed by atoms with Crippen LogP contribution in [0.1, 0.15) is 55.1 Å². The largest absolute Gasteiger partial charge is 0.488 e. The van der Waals surface area contributed by atoms with Crippen LogP contribution < -0.4 is 10.1 Å². The minimum Gasteiger partial charge on any atom is -0.488 e. The van der Waals surface area contributed by atoms with E-state index in [0.717, 1.165) is 36.2 Å². The molecule has 0 atom stereocenters. The fourth-order valence-electron chi connectivity index (χ4n) is 4.36. The first-order valence-electron chi connectivity index (χ1n) is 13.5. The van der Waals surface area contributed by atoms with E-state index in [-0.39, 0.29) is 12.7 Å². The van der Waals surface area contributed by atoms with Crippen LogP contribution in [0.15, 0.2) is 78.9 Å². The highest BCUT2D eigenvalue weighted by Gasteiger charge is 2.27. The maximum Gasteiger partial charge on any atom is 0.410 e. The van der Waals surface area contributed by atoms with Crippen molar-refractivity contribution in [3.05, 3.63) is 95.6 Å². The number of esters is 1. The fraction of sp³-hybridized carbons (Fsp3) is 0.375. The molecule has 4 rings (SSSR count). The summed E-state index contributed by atoms with van der Waals surface area (Å²) in [6, 6.07) is 24.9. The number of anilines is 1. The van der Waals surface area contributed by atoms with Crippen LogP contribution in [0.4, 0.5) is 10.5 Å². The molecule has 0 radical (unpaired) electrons. The summed E-state index contributed by atoms with van der Waals surface area (Å²) in [5.74, 6) is 0.470. The Morgan fingerprint density at radius 1 is 0.872 bits per heavy atom. The van der Waals surface area contributed by atoms with Gasteiger partial charge < -0.3 is 24.4 Å². The topological polar surface area (TPSA) is 77.1 Å². The van der Waals surface area contributed by atoms with E-state index in [4.69, 9.17) is 14.2 Å². The molecule has 1 N–H and O–H groups in total. The number of hydrogen-bond donors (Lipinski definition) is 1. The SMILES string of the molecule is CC(C)(C)OC(=O)N1CCC(CNc2ccc(C(=O)OCc3ccccc3)c(OCc3ccccc3)c2)CC1. The van der Waals surface area contributed by atoms with E-state index >= 15 is 0 Å². The van der Waals surface area contributed by atoms with Gasteiger partial charge in [-0.3, -0.25) is 0 Å².